The lowest BCUT2D eigenvalue weighted by atomic mass is 10.0. The van der Waals surface area contributed by atoms with Crippen molar-refractivity contribution in [2.75, 3.05) is 5.73 Å². The van der Waals surface area contributed by atoms with Crippen LogP contribution in [-0.4, -0.2) is 10.8 Å². The summed E-state index contributed by atoms with van der Waals surface area (Å²) in [6, 6.07) is 10.1. The number of Topliss-reactive ketones (excluding diaryl/α,β-unsaturated/α-hetero) is 1. The van der Waals surface area contributed by atoms with E-state index >= 15 is 0 Å². The average Bonchev–Trinajstić information content (AvgIpc) is 2.46. The van der Waals surface area contributed by atoms with Gasteiger partial charge in [-0.15, -0.1) is 0 Å². The molecule has 0 fully saturated rings. The van der Waals surface area contributed by atoms with Crippen LogP contribution in [0.15, 0.2) is 36.5 Å². The number of benzene rings is 1. The molecule has 0 aliphatic carbocycles. The summed E-state index contributed by atoms with van der Waals surface area (Å²) in [6.07, 6.45) is 2.71. The molecule has 0 saturated carbocycles. The summed E-state index contributed by atoms with van der Waals surface area (Å²) in [4.78, 5) is 16.2. The molecule has 1 heterocycles. The van der Waals surface area contributed by atoms with Gasteiger partial charge in [-0.1, -0.05) is 45.0 Å². The zero-order valence-corrected chi connectivity index (χ0v) is 12.2. The third-order valence-corrected chi connectivity index (χ3v) is 3.34. The van der Waals surface area contributed by atoms with Crippen molar-refractivity contribution in [3.63, 3.8) is 0 Å². The van der Waals surface area contributed by atoms with Gasteiger partial charge in [0.1, 0.15) is 5.69 Å². The molecule has 0 radical (unpaired) electrons. The Kier molecular flexibility index (Phi) is 4.18. The van der Waals surface area contributed by atoms with Gasteiger partial charge in [0, 0.05) is 17.7 Å². The number of nitrogen functional groups attached to an aromatic ring is 1. The number of carbonyl (C=O) groups is 1. The van der Waals surface area contributed by atoms with Crippen molar-refractivity contribution in [3.05, 3.63) is 47.8 Å². The smallest absolute Gasteiger partial charge is 0.185 e. The molecular weight excluding hydrogens is 248 g/mol. The molecule has 2 rings (SSSR count). The van der Waals surface area contributed by atoms with Crippen LogP contribution < -0.4 is 5.73 Å². The number of anilines is 1. The van der Waals surface area contributed by atoms with Crippen LogP contribution >= 0.6 is 0 Å². The monoisotopic (exact) mass is 268 g/mol. The molecule has 2 N–H and O–H groups in total. The van der Waals surface area contributed by atoms with Crippen LogP contribution in [0.5, 0.6) is 0 Å². The fraction of sp³-hybridized carbons (Fsp3) is 0.294. The van der Waals surface area contributed by atoms with Crippen molar-refractivity contribution in [1.82, 2.24) is 4.98 Å². The van der Waals surface area contributed by atoms with Gasteiger partial charge in [-0.05, 0) is 23.6 Å². The van der Waals surface area contributed by atoms with Crippen LogP contribution in [0.2, 0.25) is 0 Å². The Labute approximate surface area is 119 Å². The van der Waals surface area contributed by atoms with Crippen molar-refractivity contribution < 1.29 is 4.79 Å². The second-order valence-corrected chi connectivity index (χ2v) is 5.23. The Bertz CT molecular complexity index is 633. The maximum Gasteiger partial charge on any atom is 0.185 e. The predicted molar refractivity (Wildman–Crippen MR) is 82.6 cm³/mol. The standard InChI is InChI=1S/C17H20N2O/c1-4-12-6-5-7-13(8-12)14-9-15(18)16(19-10-14)17(20)11(2)3/h5-11H,4,18H2,1-3H3. The molecule has 0 saturated heterocycles. The lowest BCUT2D eigenvalue weighted by Gasteiger charge is -2.09. The lowest BCUT2D eigenvalue weighted by Crippen LogP contribution is -2.12. The molecule has 3 heteroatoms. The highest BCUT2D eigenvalue weighted by Gasteiger charge is 2.15. The van der Waals surface area contributed by atoms with E-state index in [1.54, 1.807) is 6.20 Å². The number of ketones is 1. The number of aryl methyl sites for hydroxylation is 1. The second kappa shape index (κ2) is 5.87. The summed E-state index contributed by atoms with van der Waals surface area (Å²) in [7, 11) is 0. The van der Waals surface area contributed by atoms with Crippen LogP contribution in [0.25, 0.3) is 11.1 Å². The number of hydrogen-bond donors (Lipinski definition) is 1. The summed E-state index contributed by atoms with van der Waals surface area (Å²) in [6.45, 7) is 5.82. The number of rotatable bonds is 4. The fourth-order valence-electron chi connectivity index (χ4n) is 2.09. The van der Waals surface area contributed by atoms with E-state index in [-0.39, 0.29) is 11.7 Å². The average molecular weight is 268 g/mol. The number of carbonyl (C=O) groups excluding carboxylic acids is 1. The van der Waals surface area contributed by atoms with Gasteiger partial charge >= 0.3 is 0 Å². The molecule has 1 aromatic heterocycles. The summed E-state index contributed by atoms with van der Waals surface area (Å²) >= 11 is 0. The predicted octanol–water partition coefficient (Wildman–Crippen LogP) is 3.73. The topological polar surface area (TPSA) is 56.0 Å². The summed E-state index contributed by atoms with van der Waals surface area (Å²) in [5.74, 6) is -0.115. The lowest BCUT2D eigenvalue weighted by molar-refractivity contribution is 0.0935. The molecule has 2 aromatic rings. The highest BCUT2D eigenvalue weighted by molar-refractivity contribution is 6.00. The second-order valence-electron chi connectivity index (χ2n) is 5.23. The van der Waals surface area contributed by atoms with Crippen LogP contribution in [0, 0.1) is 5.92 Å². The van der Waals surface area contributed by atoms with Crippen molar-refractivity contribution in [1.29, 1.82) is 0 Å². The summed E-state index contributed by atoms with van der Waals surface area (Å²) < 4.78 is 0. The van der Waals surface area contributed by atoms with Crippen LogP contribution in [0.1, 0.15) is 36.8 Å². The zero-order chi connectivity index (χ0) is 14.7. The van der Waals surface area contributed by atoms with Gasteiger partial charge in [0.2, 0.25) is 0 Å². The van der Waals surface area contributed by atoms with E-state index in [4.69, 9.17) is 5.73 Å². The maximum absolute atomic E-state index is 12.0. The number of nitrogens with two attached hydrogens (primary N) is 1. The van der Waals surface area contributed by atoms with E-state index in [9.17, 15) is 4.79 Å². The van der Waals surface area contributed by atoms with Gasteiger partial charge < -0.3 is 5.73 Å². The van der Waals surface area contributed by atoms with Gasteiger partial charge in [-0.3, -0.25) is 9.78 Å². The number of nitrogens with zero attached hydrogens (tertiary/aromatic N) is 1. The van der Waals surface area contributed by atoms with Gasteiger partial charge in [0.25, 0.3) is 0 Å². The molecule has 3 nitrogen and oxygen atoms in total. The van der Waals surface area contributed by atoms with Crippen LogP contribution in [-0.2, 0) is 6.42 Å². The summed E-state index contributed by atoms with van der Waals surface area (Å²) in [5.41, 5.74) is 10.1. The first kappa shape index (κ1) is 14.3. The SMILES string of the molecule is CCc1cccc(-c2cnc(C(=O)C(C)C)c(N)c2)c1. The highest BCUT2D eigenvalue weighted by Crippen LogP contribution is 2.24. The van der Waals surface area contributed by atoms with Gasteiger partial charge in [-0.2, -0.15) is 0 Å². The van der Waals surface area contributed by atoms with Crippen molar-refractivity contribution in [2.45, 2.75) is 27.2 Å². The van der Waals surface area contributed by atoms with E-state index in [0.29, 0.717) is 11.4 Å². The van der Waals surface area contributed by atoms with E-state index in [2.05, 4.69) is 24.0 Å². The molecule has 0 unspecified atom stereocenters. The van der Waals surface area contributed by atoms with Gasteiger partial charge in [0.05, 0.1) is 5.69 Å². The number of hydrogen-bond acceptors (Lipinski definition) is 3. The van der Waals surface area contributed by atoms with E-state index < -0.39 is 0 Å². The Hall–Kier alpha value is -2.16. The first-order valence-electron chi connectivity index (χ1n) is 6.92. The van der Waals surface area contributed by atoms with E-state index in [1.165, 1.54) is 5.56 Å². The molecule has 104 valence electrons. The minimum absolute atomic E-state index is 0.0173. The first-order chi connectivity index (χ1) is 9.52. The van der Waals surface area contributed by atoms with Crippen LogP contribution in [0.3, 0.4) is 0 Å². The third kappa shape index (κ3) is 2.87. The third-order valence-electron chi connectivity index (χ3n) is 3.34. The van der Waals surface area contributed by atoms with Crippen molar-refractivity contribution >= 4 is 11.5 Å². The highest BCUT2D eigenvalue weighted by atomic mass is 16.1. The Morgan fingerprint density at radius 1 is 1.25 bits per heavy atom. The van der Waals surface area contributed by atoms with E-state index in [0.717, 1.165) is 17.5 Å². The van der Waals surface area contributed by atoms with Gasteiger partial charge in [-0.25, -0.2) is 0 Å². The number of aromatic nitrogens is 1. The van der Waals surface area contributed by atoms with Crippen molar-refractivity contribution in [3.8, 4) is 11.1 Å². The quantitative estimate of drug-likeness (QED) is 0.859. The summed E-state index contributed by atoms with van der Waals surface area (Å²) in [5, 5.41) is 0. The Balaban J connectivity index is 2.40. The molecule has 20 heavy (non-hydrogen) atoms. The minimum atomic E-state index is -0.0981. The number of pyridine rings is 1. The van der Waals surface area contributed by atoms with Gasteiger partial charge in [0.15, 0.2) is 5.78 Å². The molecular formula is C17H20N2O. The maximum atomic E-state index is 12.0. The normalized spacial score (nSPS) is 10.8. The zero-order valence-electron chi connectivity index (χ0n) is 12.2. The Morgan fingerprint density at radius 2 is 2.00 bits per heavy atom. The molecule has 0 bridgehead atoms. The largest absolute Gasteiger partial charge is 0.397 e. The molecule has 0 aliphatic heterocycles. The van der Waals surface area contributed by atoms with E-state index in [1.807, 2.05) is 32.0 Å². The molecule has 0 aliphatic rings. The first-order valence-corrected chi connectivity index (χ1v) is 6.92. The molecule has 1 aromatic carbocycles. The fourth-order valence-corrected chi connectivity index (χ4v) is 2.09. The molecule has 0 spiro atoms. The van der Waals surface area contributed by atoms with Crippen LogP contribution in [0.4, 0.5) is 5.69 Å². The van der Waals surface area contributed by atoms with Crippen molar-refractivity contribution in [2.24, 2.45) is 5.92 Å². The minimum Gasteiger partial charge on any atom is -0.397 e. The molecule has 0 amide bonds. The Morgan fingerprint density at radius 3 is 2.60 bits per heavy atom. The molecule has 0 atom stereocenters.